The van der Waals surface area contributed by atoms with Gasteiger partial charge in [0, 0.05) is 30.7 Å². The fourth-order valence-electron chi connectivity index (χ4n) is 1.71. The normalized spacial score (nSPS) is 11.1. The summed E-state index contributed by atoms with van der Waals surface area (Å²) >= 11 is 1.42. The predicted molar refractivity (Wildman–Crippen MR) is 72.3 cm³/mol. The first-order valence-electron chi connectivity index (χ1n) is 5.81. The van der Waals surface area contributed by atoms with Crippen LogP contribution in [0.25, 0.3) is 4.96 Å². The molecule has 19 heavy (non-hydrogen) atoms. The molecule has 7 heteroatoms. The molecule has 2 heterocycles. The quantitative estimate of drug-likeness (QED) is 0.757. The first-order chi connectivity index (χ1) is 9.10. The highest BCUT2D eigenvalue weighted by Gasteiger charge is 2.08. The molecule has 0 fully saturated rings. The molecule has 0 radical (unpaired) electrons. The smallest absolute Gasteiger partial charge is 0.306 e. The van der Waals surface area contributed by atoms with Gasteiger partial charge in [0.25, 0.3) is 5.56 Å². The van der Waals surface area contributed by atoms with Crippen LogP contribution >= 0.6 is 11.3 Å². The van der Waals surface area contributed by atoms with Crippen molar-refractivity contribution in [3.8, 4) is 0 Å². The van der Waals surface area contributed by atoms with Crippen LogP contribution in [-0.4, -0.2) is 41.0 Å². The molecule has 2 aromatic rings. The molecule has 0 aromatic carbocycles. The van der Waals surface area contributed by atoms with Crippen molar-refractivity contribution in [1.29, 1.82) is 0 Å². The van der Waals surface area contributed by atoms with E-state index in [1.165, 1.54) is 28.9 Å². The maximum atomic E-state index is 11.8. The minimum Gasteiger partial charge on any atom is -0.469 e. The van der Waals surface area contributed by atoms with Crippen LogP contribution in [0.3, 0.4) is 0 Å². The van der Waals surface area contributed by atoms with Crippen molar-refractivity contribution in [2.45, 2.75) is 13.0 Å². The second-order valence-electron chi connectivity index (χ2n) is 4.21. The number of carbonyl (C=O) groups excluding carboxylic acids is 1. The van der Waals surface area contributed by atoms with Gasteiger partial charge in [-0.05, 0) is 7.05 Å². The Bertz CT molecular complexity index is 634. The average molecular weight is 281 g/mol. The van der Waals surface area contributed by atoms with Crippen molar-refractivity contribution in [2.75, 3.05) is 20.7 Å². The second-order valence-corrected chi connectivity index (χ2v) is 5.08. The van der Waals surface area contributed by atoms with Crippen LogP contribution in [0.1, 0.15) is 12.1 Å². The van der Waals surface area contributed by atoms with Crippen LogP contribution in [0.2, 0.25) is 0 Å². The Morgan fingerprint density at radius 1 is 1.58 bits per heavy atom. The van der Waals surface area contributed by atoms with Gasteiger partial charge < -0.3 is 4.74 Å². The third-order valence-corrected chi connectivity index (χ3v) is 3.47. The van der Waals surface area contributed by atoms with Gasteiger partial charge in [-0.25, -0.2) is 4.98 Å². The van der Waals surface area contributed by atoms with Gasteiger partial charge in [-0.2, -0.15) is 0 Å². The fraction of sp³-hybridized carbons (Fsp3) is 0.417. The number of aromatic nitrogens is 2. The van der Waals surface area contributed by atoms with E-state index in [2.05, 4.69) is 9.72 Å². The van der Waals surface area contributed by atoms with E-state index < -0.39 is 0 Å². The minimum atomic E-state index is -0.242. The summed E-state index contributed by atoms with van der Waals surface area (Å²) in [5, 5.41) is 1.83. The maximum absolute atomic E-state index is 11.8. The van der Waals surface area contributed by atoms with E-state index in [1.807, 2.05) is 17.3 Å². The zero-order valence-electron chi connectivity index (χ0n) is 10.8. The molecule has 0 bridgehead atoms. The van der Waals surface area contributed by atoms with Crippen LogP contribution < -0.4 is 5.56 Å². The molecule has 0 amide bonds. The lowest BCUT2D eigenvalue weighted by atomic mass is 10.3. The Balaban J connectivity index is 2.04. The highest BCUT2D eigenvalue weighted by molar-refractivity contribution is 7.15. The third kappa shape index (κ3) is 3.39. The van der Waals surface area contributed by atoms with Gasteiger partial charge in [-0.3, -0.25) is 18.9 Å². The number of fused-ring (bicyclic) bond motifs is 1. The summed E-state index contributed by atoms with van der Waals surface area (Å²) in [6.07, 6.45) is 2.04. The Labute approximate surface area is 114 Å². The van der Waals surface area contributed by atoms with Crippen molar-refractivity contribution in [2.24, 2.45) is 0 Å². The maximum Gasteiger partial charge on any atom is 0.306 e. The molecule has 0 saturated heterocycles. The lowest BCUT2D eigenvalue weighted by molar-refractivity contribution is -0.140. The monoisotopic (exact) mass is 281 g/mol. The molecule has 0 atom stereocenters. The summed E-state index contributed by atoms with van der Waals surface area (Å²) < 4.78 is 6.10. The molecule has 0 aliphatic heterocycles. The van der Waals surface area contributed by atoms with E-state index >= 15 is 0 Å². The van der Waals surface area contributed by atoms with E-state index in [4.69, 9.17) is 0 Å². The average Bonchev–Trinajstić information content (AvgIpc) is 2.84. The third-order valence-electron chi connectivity index (χ3n) is 2.71. The standard InChI is InChI=1S/C12H15N3O3S/c1-14(4-3-11(17)18-2)8-9-7-10(16)15-5-6-19-12(15)13-9/h5-7H,3-4,8H2,1-2H3. The van der Waals surface area contributed by atoms with Crippen molar-refractivity contribution < 1.29 is 9.53 Å². The van der Waals surface area contributed by atoms with Crippen LogP contribution in [-0.2, 0) is 16.1 Å². The second kappa shape index (κ2) is 5.94. The zero-order chi connectivity index (χ0) is 13.8. The number of hydrogen-bond donors (Lipinski definition) is 0. The lowest BCUT2D eigenvalue weighted by Gasteiger charge is -2.14. The summed E-state index contributed by atoms with van der Waals surface area (Å²) in [5.74, 6) is -0.242. The number of methoxy groups -OCH3 is 1. The largest absolute Gasteiger partial charge is 0.469 e. The van der Waals surface area contributed by atoms with Crippen molar-refractivity contribution in [3.05, 3.63) is 33.7 Å². The summed E-state index contributed by atoms with van der Waals surface area (Å²) in [6, 6.07) is 1.52. The van der Waals surface area contributed by atoms with Gasteiger partial charge in [-0.1, -0.05) is 0 Å². The molecule has 2 aromatic heterocycles. The number of rotatable bonds is 5. The summed E-state index contributed by atoms with van der Waals surface area (Å²) in [6.45, 7) is 1.10. The molecular weight excluding hydrogens is 266 g/mol. The first kappa shape index (κ1) is 13.7. The van der Waals surface area contributed by atoms with Gasteiger partial charge in [-0.15, -0.1) is 11.3 Å². The Morgan fingerprint density at radius 2 is 2.37 bits per heavy atom. The van der Waals surface area contributed by atoms with Gasteiger partial charge in [0.05, 0.1) is 19.2 Å². The number of ether oxygens (including phenoxy) is 1. The predicted octanol–water partition coefficient (Wildman–Crippen LogP) is 0.751. The molecule has 2 rings (SSSR count). The molecule has 0 aliphatic rings. The summed E-state index contributed by atoms with van der Waals surface area (Å²) in [7, 11) is 3.25. The Morgan fingerprint density at radius 3 is 3.11 bits per heavy atom. The van der Waals surface area contributed by atoms with Crippen LogP contribution in [0, 0.1) is 0 Å². The lowest BCUT2D eigenvalue weighted by Crippen LogP contribution is -2.24. The number of carbonyl (C=O) groups is 1. The molecule has 0 aliphatic carbocycles. The number of hydrogen-bond acceptors (Lipinski definition) is 6. The van der Waals surface area contributed by atoms with Gasteiger partial charge in [0.1, 0.15) is 0 Å². The number of nitrogens with zero attached hydrogens (tertiary/aromatic N) is 3. The van der Waals surface area contributed by atoms with Crippen molar-refractivity contribution >= 4 is 22.3 Å². The van der Waals surface area contributed by atoms with E-state index in [0.717, 1.165) is 0 Å². The fourth-order valence-corrected chi connectivity index (χ4v) is 2.45. The molecule has 0 unspecified atom stereocenters. The van der Waals surface area contributed by atoms with Gasteiger partial charge in [0.2, 0.25) is 0 Å². The van der Waals surface area contributed by atoms with Gasteiger partial charge in [0.15, 0.2) is 4.96 Å². The Kier molecular flexibility index (Phi) is 4.28. The molecule has 102 valence electrons. The van der Waals surface area contributed by atoms with E-state index in [1.54, 1.807) is 6.20 Å². The minimum absolute atomic E-state index is 0.0809. The number of thiazole rings is 1. The van der Waals surface area contributed by atoms with Gasteiger partial charge >= 0.3 is 5.97 Å². The molecule has 0 N–H and O–H groups in total. The molecular formula is C12H15N3O3S. The summed E-state index contributed by atoms with van der Waals surface area (Å²) in [5.41, 5.74) is 0.627. The van der Waals surface area contributed by atoms with Crippen LogP contribution in [0.15, 0.2) is 22.4 Å². The molecule has 0 spiro atoms. The van der Waals surface area contributed by atoms with Crippen molar-refractivity contribution in [3.63, 3.8) is 0 Å². The van der Waals surface area contributed by atoms with E-state index in [-0.39, 0.29) is 11.5 Å². The Hall–Kier alpha value is -1.73. The topological polar surface area (TPSA) is 63.9 Å². The van der Waals surface area contributed by atoms with E-state index in [9.17, 15) is 9.59 Å². The SMILES string of the molecule is COC(=O)CCN(C)Cc1cc(=O)n2ccsc2n1. The van der Waals surface area contributed by atoms with E-state index in [0.29, 0.717) is 30.2 Å². The number of esters is 1. The zero-order valence-corrected chi connectivity index (χ0v) is 11.6. The molecule has 6 nitrogen and oxygen atoms in total. The highest BCUT2D eigenvalue weighted by Crippen LogP contribution is 2.07. The van der Waals surface area contributed by atoms with Crippen LogP contribution in [0.5, 0.6) is 0 Å². The molecule has 0 saturated carbocycles. The summed E-state index contributed by atoms with van der Waals surface area (Å²) in [4.78, 5) is 29.9. The van der Waals surface area contributed by atoms with Crippen molar-refractivity contribution in [1.82, 2.24) is 14.3 Å². The first-order valence-corrected chi connectivity index (χ1v) is 6.69. The van der Waals surface area contributed by atoms with Crippen LogP contribution in [0.4, 0.5) is 0 Å². The highest BCUT2D eigenvalue weighted by atomic mass is 32.1.